The van der Waals surface area contributed by atoms with E-state index < -0.39 is 7.14 Å². The second kappa shape index (κ2) is 7.02. The lowest BCUT2D eigenvalue weighted by atomic mass is 10.2. The summed E-state index contributed by atoms with van der Waals surface area (Å²) < 4.78 is 20.1. The average molecular weight is 324 g/mol. The van der Waals surface area contributed by atoms with Crippen LogP contribution in [0.15, 0.2) is 83.9 Å². The van der Waals surface area contributed by atoms with E-state index >= 15 is 0 Å². The minimum atomic E-state index is -2.88. The first-order valence-corrected chi connectivity index (χ1v) is 9.63. The fourth-order valence-electron chi connectivity index (χ4n) is 2.95. The van der Waals surface area contributed by atoms with Gasteiger partial charge in [-0.1, -0.05) is 72.8 Å². The fourth-order valence-corrected chi connectivity index (χ4v) is 6.01. The lowest BCUT2D eigenvalue weighted by molar-refractivity contribution is 0.245. The van der Waals surface area contributed by atoms with Crippen molar-refractivity contribution in [2.24, 2.45) is 0 Å². The third kappa shape index (κ3) is 3.18. The SMILES string of the molecule is C/C1=C(\P(=O)(c2ccccc2)c2ccccc2)CC/C=C\CO1. The molecular formula is C20H21O2P. The van der Waals surface area contributed by atoms with Gasteiger partial charge in [0.15, 0.2) is 7.14 Å². The smallest absolute Gasteiger partial charge is 0.170 e. The van der Waals surface area contributed by atoms with Gasteiger partial charge >= 0.3 is 0 Å². The lowest BCUT2D eigenvalue weighted by Crippen LogP contribution is -2.19. The van der Waals surface area contributed by atoms with E-state index in [1.165, 1.54) is 0 Å². The summed E-state index contributed by atoms with van der Waals surface area (Å²) >= 11 is 0. The Kier molecular flexibility index (Phi) is 4.83. The van der Waals surface area contributed by atoms with Crippen molar-refractivity contribution >= 4 is 17.8 Å². The monoisotopic (exact) mass is 324 g/mol. The van der Waals surface area contributed by atoms with Crippen molar-refractivity contribution < 1.29 is 9.30 Å². The molecule has 0 fully saturated rings. The van der Waals surface area contributed by atoms with E-state index in [0.29, 0.717) is 6.61 Å². The molecule has 2 aromatic rings. The fraction of sp³-hybridized carbons (Fsp3) is 0.200. The van der Waals surface area contributed by atoms with Crippen molar-refractivity contribution in [3.63, 3.8) is 0 Å². The Balaban J connectivity index is 2.20. The second-order valence-corrected chi connectivity index (χ2v) is 8.40. The minimum absolute atomic E-state index is 0.541. The van der Waals surface area contributed by atoms with Gasteiger partial charge in [0.25, 0.3) is 0 Å². The molecule has 0 spiro atoms. The molecule has 0 radical (unpaired) electrons. The van der Waals surface area contributed by atoms with E-state index in [4.69, 9.17) is 4.74 Å². The molecule has 0 N–H and O–H groups in total. The van der Waals surface area contributed by atoms with Crippen molar-refractivity contribution in [3.05, 3.63) is 83.9 Å². The van der Waals surface area contributed by atoms with Gasteiger partial charge in [-0.05, 0) is 19.8 Å². The number of rotatable bonds is 3. The van der Waals surface area contributed by atoms with Crippen LogP contribution in [-0.4, -0.2) is 6.61 Å². The van der Waals surface area contributed by atoms with Gasteiger partial charge in [0.05, 0.1) is 0 Å². The highest BCUT2D eigenvalue weighted by atomic mass is 31.2. The maximum Gasteiger partial charge on any atom is 0.170 e. The summed E-state index contributed by atoms with van der Waals surface area (Å²) in [6.45, 7) is 2.48. The topological polar surface area (TPSA) is 26.3 Å². The van der Waals surface area contributed by atoms with Crippen molar-refractivity contribution in [1.29, 1.82) is 0 Å². The van der Waals surface area contributed by atoms with Gasteiger partial charge in [-0.2, -0.15) is 0 Å². The maximum atomic E-state index is 14.3. The number of hydrogen-bond acceptors (Lipinski definition) is 2. The van der Waals surface area contributed by atoms with Gasteiger partial charge in [0.2, 0.25) is 0 Å². The molecule has 2 aromatic carbocycles. The summed E-state index contributed by atoms with van der Waals surface area (Å²) in [5.41, 5.74) is 0. The second-order valence-electron chi connectivity index (χ2n) is 5.60. The van der Waals surface area contributed by atoms with Gasteiger partial charge in [-0.15, -0.1) is 0 Å². The van der Waals surface area contributed by atoms with E-state index in [0.717, 1.165) is 34.5 Å². The molecule has 3 heteroatoms. The summed E-state index contributed by atoms with van der Waals surface area (Å²) in [4.78, 5) is 0. The number of ether oxygens (including phenoxy) is 1. The van der Waals surface area contributed by atoms with Crippen LogP contribution in [-0.2, 0) is 9.30 Å². The summed E-state index contributed by atoms with van der Waals surface area (Å²) in [6.07, 6.45) is 5.77. The molecule has 0 aliphatic carbocycles. The highest BCUT2D eigenvalue weighted by Gasteiger charge is 2.33. The highest BCUT2D eigenvalue weighted by molar-refractivity contribution is 7.82. The van der Waals surface area contributed by atoms with Gasteiger partial charge in [-0.25, -0.2) is 0 Å². The van der Waals surface area contributed by atoms with Gasteiger partial charge in [0.1, 0.15) is 12.4 Å². The van der Waals surface area contributed by atoms with Crippen LogP contribution in [0.25, 0.3) is 0 Å². The molecule has 0 saturated carbocycles. The molecule has 0 atom stereocenters. The minimum Gasteiger partial charge on any atom is -0.494 e. The third-order valence-electron chi connectivity index (χ3n) is 4.14. The summed E-state index contributed by atoms with van der Waals surface area (Å²) in [7, 11) is -2.88. The van der Waals surface area contributed by atoms with Crippen molar-refractivity contribution in [2.45, 2.75) is 19.8 Å². The molecule has 0 bridgehead atoms. The van der Waals surface area contributed by atoms with Crippen LogP contribution in [0.4, 0.5) is 0 Å². The Morgan fingerprint density at radius 3 is 2.00 bits per heavy atom. The van der Waals surface area contributed by atoms with Crippen LogP contribution in [0, 0.1) is 0 Å². The average Bonchev–Trinajstić information content (AvgIpc) is 2.59. The Hall–Kier alpha value is -2.05. The lowest BCUT2D eigenvalue weighted by Gasteiger charge is -2.25. The molecule has 1 aliphatic heterocycles. The largest absolute Gasteiger partial charge is 0.494 e. The van der Waals surface area contributed by atoms with E-state index in [1.807, 2.05) is 73.7 Å². The molecule has 0 amide bonds. The van der Waals surface area contributed by atoms with Crippen LogP contribution in [0.2, 0.25) is 0 Å². The van der Waals surface area contributed by atoms with E-state index in [1.54, 1.807) is 0 Å². The molecule has 3 rings (SSSR count). The zero-order chi connectivity index (χ0) is 16.1. The molecule has 1 heterocycles. The van der Waals surface area contributed by atoms with Crippen LogP contribution in [0.5, 0.6) is 0 Å². The summed E-state index contributed by atoms with van der Waals surface area (Å²) in [5, 5.41) is 2.67. The zero-order valence-electron chi connectivity index (χ0n) is 13.3. The van der Waals surface area contributed by atoms with Crippen molar-refractivity contribution in [2.75, 3.05) is 6.61 Å². The van der Waals surface area contributed by atoms with Crippen LogP contribution in [0.3, 0.4) is 0 Å². The van der Waals surface area contributed by atoms with E-state index in [2.05, 4.69) is 6.08 Å². The molecule has 0 unspecified atom stereocenters. The normalized spacial score (nSPS) is 20.2. The molecule has 0 saturated heterocycles. The zero-order valence-corrected chi connectivity index (χ0v) is 14.2. The molecule has 23 heavy (non-hydrogen) atoms. The Morgan fingerprint density at radius 2 is 1.43 bits per heavy atom. The van der Waals surface area contributed by atoms with E-state index in [-0.39, 0.29) is 0 Å². The van der Waals surface area contributed by atoms with Gasteiger partial charge < -0.3 is 9.30 Å². The predicted molar refractivity (Wildman–Crippen MR) is 96.8 cm³/mol. The van der Waals surface area contributed by atoms with Crippen molar-refractivity contribution in [3.8, 4) is 0 Å². The molecular weight excluding hydrogens is 303 g/mol. The quantitative estimate of drug-likeness (QED) is 0.609. The molecule has 1 aliphatic rings. The number of allylic oxidation sites excluding steroid dienone is 3. The first-order valence-electron chi connectivity index (χ1n) is 7.92. The van der Waals surface area contributed by atoms with Crippen LogP contribution < -0.4 is 10.6 Å². The summed E-state index contributed by atoms with van der Waals surface area (Å²) in [5.74, 6) is 0.797. The predicted octanol–water partition coefficient (Wildman–Crippen LogP) is 4.60. The Morgan fingerprint density at radius 1 is 0.870 bits per heavy atom. The number of hydrogen-bond donors (Lipinski definition) is 0. The van der Waals surface area contributed by atoms with Crippen molar-refractivity contribution in [1.82, 2.24) is 0 Å². The molecule has 0 aromatic heterocycles. The van der Waals surface area contributed by atoms with E-state index in [9.17, 15) is 4.57 Å². The Labute approximate surface area is 137 Å². The molecule has 2 nitrogen and oxygen atoms in total. The van der Waals surface area contributed by atoms with Gasteiger partial charge in [0, 0.05) is 15.9 Å². The standard InChI is InChI=1S/C20H21O2P/c1-17-20(15-9-4-10-16-22-17)23(21,18-11-5-2-6-12-18)19-13-7-3-8-14-19/h2-8,10-14H,9,15-16H2,1H3/b10-4-,20-17+. The molecule has 118 valence electrons. The summed E-state index contributed by atoms with van der Waals surface area (Å²) in [6, 6.07) is 19.6. The third-order valence-corrected chi connectivity index (χ3v) is 7.49. The highest BCUT2D eigenvalue weighted by Crippen LogP contribution is 2.55. The first-order chi connectivity index (χ1) is 11.2. The number of benzene rings is 2. The van der Waals surface area contributed by atoms with Crippen LogP contribution >= 0.6 is 7.14 Å². The Bertz CT molecular complexity index is 717. The van der Waals surface area contributed by atoms with Crippen LogP contribution in [0.1, 0.15) is 19.8 Å². The first kappa shape index (κ1) is 15.8. The maximum absolute atomic E-state index is 14.3. The van der Waals surface area contributed by atoms with Gasteiger partial charge in [-0.3, -0.25) is 0 Å².